The largest absolute Gasteiger partial charge is 0.466 e. The van der Waals surface area contributed by atoms with Gasteiger partial charge in [0.05, 0.1) is 17.5 Å². The smallest absolute Gasteiger partial charge is 0.310 e. The van der Waals surface area contributed by atoms with Gasteiger partial charge in [0.2, 0.25) is 5.91 Å². The number of carbonyl (C=O) groups excluding carboxylic acids is 3. The van der Waals surface area contributed by atoms with Gasteiger partial charge in [-0.15, -0.1) is 0 Å². The number of piperidine rings is 1. The van der Waals surface area contributed by atoms with E-state index in [1.54, 1.807) is 34.9 Å². The molecule has 9 heteroatoms. The molecule has 0 N–H and O–H groups in total. The predicted molar refractivity (Wildman–Crippen MR) is 128 cm³/mol. The second-order valence-corrected chi connectivity index (χ2v) is 9.29. The molecule has 0 saturated carbocycles. The van der Waals surface area contributed by atoms with Gasteiger partial charge in [0, 0.05) is 44.2 Å². The molecule has 1 aromatic heterocycles. The number of nitrogens with zero attached hydrogens (tertiary/aromatic N) is 3. The van der Waals surface area contributed by atoms with Gasteiger partial charge in [-0.25, -0.2) is 0 Å². The highest BCUT2D eigenvalue weighted by Crippen LogP contribution is 2.28. The molecule has 1 aromatic carbocycles. The zero-order chi connectivity index (χ0) is 24.7. The Morgan fingerprint density at radius 1 is 1.29 bits per heavy atom. The topological polar surface area (TPSA) is 93.0 Å². The van der Waals surface area contributed by atoms with Crippen LogP contribution in [-0.2, 0) is 14.3 Å². The normalized spacial score (nSPS) is 15.9. The molecule has 0 unspecified atom stereocenters. The monoisotopic (exact) mass is 489 g/mol. The van der Waals surface area contributed by atoms with Crippen molar-refractivity contribution in [3.63, 3.8) is 0 Å². The highest BCUT2D eigenvalue weighted by atomic mass is 35.5. The first-order valence-electron chi connectivity index (χ1n) is 11.8. The fourth-order valence-electron chi connectivity index (χ4n) is 4.09. The van der Waals surface area contributed by atoms with Crippen LogP contribution < -0.4 is 0 Å². The van der Waals surface area contributed by atoms with Gasteiger partial charge in [-0.05, 0) is 37.8 Å². The Hall–Kier alpha value is -2.87. The average Bonchev–Trinajstić information content (AvgIpc) is 3.31. The molecule has 1 aliphatic heterocycles. The van der Waals surface area contributed by atoms with Crippen LogP contribution in [0.15, 0.2) is 34.9 Å². The maximum absolute atomic E-state index is 13.2. The molecule has 0 bridgehead atoms. The first-order valence-corrected chi connectivity index (χ1v) is 12.1. The number of hydrogen-bond acceptors (Lipinski definition) is 6. The third kappa shape index (κ3) is 6.59. The number of likely N-dealkylation sites (tertiary alicyclic amines) is 1. The molecule has 1 fully saturated rings. The SMILES string of the molecule is CCOC(=O)[C@@H]1CCCN(C(=O)CCN(CC(C)C)C(=O)c2cc(-c3ccccc3Cl)on2)C1. The number of benzene rings is 1. The predicted octanol–water partition coefficient (Wildman–Crippen LogP) is 4.29. The van der Waals surface area contributed by atoms with Crippen molar-refractivity contribution in [2.45, 2.75) is 40.0 Å². The molecule has 8 nitrogen and oxygen atoms in total. The molecule has 34 heavy (non-hydrogen) atoms. The summed E-state index contributed by atoms with van der Waals surface area (Å²) >= 11 is 6.23. The number of aromatic nitrogens is 1. The first kappa shape index (κ1) is 25.7. The lowest BCUT2D eigenvalue weighted by Gasteiger charge is -2.32. The van der Waals surface area contributed by atoms with E-state index in [0.717, 1.165) is 12.8 Å². The van der Waals surface area contributed by atoms with Gasteiger partial charge in [-0.1, -0.05) is 42.7 Å². The number of esters is 1. The number of rotatable bonds is 9. The average molecular weight is 490 g/mol. The van der Waals surface area contributed by atoms with E-state index in [1.165, 1.54) is 0 Å². The maximum Gasteiger partial charge on any atom is 0.310 e. The van der Waals surface area contributed by atoms with Gasteiger partial charge >= 0.3 is 5.97 Å². The van der Waals surface area contributed by atoms with Gasteiger partial charge < -0.3 is 19.1 Å². The molecular weight excluding hydrogens is 458 g/mol. The van der Waals surface area contributed by atoms with Crippen LogP contribution in [0.4, 0.5) is 0 Å². The Kier molecular flexibility index (Phi) is 9.10. The van der Waals surface area contributed by atoms with Gasteiger partial charge in [0.25, 0.3) is 5.91 Å². The molecule has 0 spiro atoms. The molecule has 1 atom stereocenters. The second-order valence-electron chi connectivity index (χ2n) is 8.88. The third-order valence-electron chi connectivity index (χ3n) is 5.73. The van der Waals surface area contributed by atoms with Crippen LogP contribution in [0, 0.1) is 11.8 Å². The maximum atomic E-state index is 13.2. The molecule has 2 aromatic rings. The Labute approximate surface area is 205 Å². The zero-order valence-electron chi connectivity index (χ0n) is 20.0. The molecule has 0 radical (unpaired) electrons. The number of ether oxygens (including phenoxy) is 1. The Morgan fingerprint density at radius 3 is 2.76 bits per heavy atom. The summed E-state index contributed by atoms with van der Waals surface area (Å²) in [5.41, 5.74) is 0.825. The molecule has 0 aliphatic carbocycles. The summed E-state index contributed by atoms with van der Waals surface area (Å²) in [6.07, 6.45) is 1.65. The summed E-state index contributed by atoms with van der Waals surface area (Å²) < 4.78 is 10.5. The van der Waals surface area contributed by atoms with Gasteiger partial charge in [0.1, 0.15) is 0 Å². The molecule has 184 valence electrons. The highest BCUT2D eigenvalue weighted by Gasteiger charge is 2.30. The minimum Gasteiger partial charge on any atom is -0.466 e. The van der Waals surface area contributed by atoms with E-state index in [4.69, 9.17) is 20.9 Å². The van der Waals surface area contributed by atoms with E-state index < -0.39 is 0 Å². The molecule has 3 rings (SSSR count). The first-order chi connectivity index (χ1) is 16.3. The van der Waals surface area contributed by atoms with E-state index in [9.17, 15) is 14.4 Å². The van der Waals surface area contributed by atoms with E-state index in [2.05, 4.69) is 5.16 Å². The van der Waals surface area contributed by atoms with Crippen LogP contribution in [-0.4, -0.2) is 65.5 Å². The van der Waals surface area contributed by atoms with Crippen molar-refractivity contribution in [3.8, 4) is 11.3 Å². The molecule has 2 amide bonds. The lowest BCUT2D eigenvalue weighted by Crippen LogP contribution is -2.44. The van der Waals surface area contributed by atoms with Crippen LogP contribution in [0.1, 0.15) is 50.5 Å². The standard InChI is InChI=1S/C25H32ClN3O5/c1-4-33-25(32)18-8-7-12-28(16-18)23(30)11-13-29(15-17(2)3)24(31)21-14-22(34-27-21)19-9-5-6-10-20(19)26/h5-6,9-10,14,17-18H,4,7-8,11-13,15-16H2,1-3H3/t18-/m1/s1. The van der Waals surface area contributed by atoms with E-state index in [1.807, 2.05) is 26.0 Å². The van der Waals surface area contributed by atoms with Crippen molar-refractivity contribution >= 4 is 29.4 Å². The zero-order valence-corrected chi connectivity index (χ0v) is 20.7. The highest BCUT2D eigenvalue weighted by molar-refractivity contribution is 6.33. The van der Waals surface area contributed by atoms with Gasteiger partial charge in [-0.2, -0.15) is 0 Å². The van der Waals surface area contributed by atoms with Crippen molar-refractivity contribution in [2.24, 2.45) is 11.8 Å². The van der Waals surface area contributed by atoms with Crippen molar-refractivity contribution < 1.29 is 23.6 Å². The minimum absolute atomic E-state index is 0.0764. The second kappa shape index (κ2) is 12.0. The lowest BCUT2D eigenvalue weighted by atomic mass is 9.98. The van der Waals surface area contributed by atoms with Crippen LogP contribution >= 0.6 is 11.6 Å². The van der Waals surface area contributed by atoms with Crippen LogP contribution in [0.3, 0.4) is 0 Å². The van der Waals surface area contributed by atoms with E-state index in [0.29, 0.717) is 42.6 Å². The summed E-state index contributed by atoms with van der Waals surface area (Å²) in [7, 11) is 0. The number of halogens is 1. The summed E-state index contributed by atoms with van der Waals surface area (Å²) in [6, 6.07) is 8.75. The summed E-state index contributed by atoms with van der Waals surface area (Å²) in [5.74, 6) is -0.300. The Morgan fingerprint density at radius 2 is 2.06 bits per heavy atom. The van der Waals surface area contributed by atoms with Crippen LogP contribution in [0.25, 0.3) is 11.3 Å². The summed E-state index contributed by atoms with van der Waals surface area (Å²) in [4.78, 5) is 41.5. The minimum atomic E-state index is -0.299. The van der Waals surface area contributed by atoms with E-state index >= 15 is 0 Å². The third-order valence-corrected chi connectivity index (χ3v) is 6.06. The fourth-order valence-corrected chi connectivity index (χ4v) is 4.32. The molecule has 1 aliphatic rings. The fraction of sp³-hybridized carbons (Fsp3) is 0.520. The van der Waals surface area contributed by atoms with Crippen molar-refractivity contribution in [2.75, 3.05) is 32.8 Å². The lowest BCUT2D eigenvalue weighted by molar-refractivity contribution is -0.151. The van der Waals surface area contributed by atoms with Gasteiger partial charge in [0.15, 0.2) is 11.5 Å². The van der Waals surface area contributed by atoms with Crippen molar-refractivity contribution in [1.29, 1.82) is 0 Å². The Bertz CT molecular complexity index is 1010. The molecule has 1 saturated heterocycles. The molecule has 2 heterocycles. The summed E-state index contributed by atoms with van der Waals surface area (Å²) in [6.45, 7) is 7.82. The van der Waals surface area contributed by atoms with Gasteiger partial charge in [-0.3, -0.25) is 14.4 Å². The Balaban J connectivity index is 1.65. The number of hydrogen-bond donors (Lipinski definition) is 0. The quantitative estimate of drug-likeness (QED) is 0.488. The molecular formula is C25H32ClN3O5. The van der Waals surface area contributed by atoms with E-state index in [-0.39, 0.29) is 48.3 Å². The number of amides is 2. The summed E-state index contributed by atoms with van der Waals surface area (Å²) in [5, 5.41) is 4.46. The van der Waals surface area contributed by atoms with Crippen molar-refractivity contribution in [3.05, 3.63) is 41.0 Å². The van der Waals surface area contributed by atoms with Crippen LogP contribution in [0.2, 0.25) is 5.02 Å². The van der Waals surface area contributed by atoms with Crippen molar-refractivity contribution in [1.82, 2.24) is 15.0 Å². The van der Waals surface area contributed by atoms with Crippen LogP contribution in [0.5, 0.6) is 0 Å². The number of carbonyl (C=O) groups is 3.